The van der Waals surface area contributed by atoms with Gasteiger partial charge < -0.3 is 20.0 Å². The minimum absolute atomic E-state index is 0.0781. The number of methoxy groups -OCH3 is 1. The second kappa shape index (κ2) is 6.62. The van der Waals surface area contributed by atoms with Crippen molar-refractivity contribution in [3.63, 3.8) is 0 Å². The van der Waals surface area contributed by atoms with Crippen LogP contribution in [0.15, 0.2) is 18.2 Å². The van der Waals surface area contributed by atoms with Crippen LogP contribution in [-0.4, -0.2) is 29.1 Å². The van der Waals surface area contributed by atoms with Crippen LogP contribution in [0.3, 0.4) is 0 Å². The highest BCUT2D eigenvalue weighted by atomic mass is 32.1. The Balaban J connectivity index is 1.57. The molecule has 0 aliphatic heterocycles. The first kappa shape index (κ1) is 15.2. The van der Waals surface area contributed by atoms with Crippen molar-refractivity contribution in [1.82, 2.24) is 9.97 Å². The van der Waals surface area contributed by atoms with Crippen molar-refractivity contribution in [3.8, 4) is 0 Å². The van der Waals surface area contributed by atoms with Gasteiger partial charge in [-0.05, 0) is 62.0 Å². The van der Waals surface area contributed by atoms with E-state index in [2.05, 4.69) is 15.3 Å². The van der Waals surface area contributed by atoms with Crippen molar-refractivity contribution in [2.45, 2.75) is 38.2 Å². The van der Waals surface area contributed by atoms with E-state index in [-0.39, 0.29) is 5.91 Å². The first-order valence-electron chi connectivity index (χ1n) is 7.69. The van der Waals surface area contributed by atoms with E-state index in [1.54, 1.807) is 7.11 Å². The number of benzene rings is 1. The number of aromatic nitrogens is 2. The molecule has 1 saturated carbocycles. The molecular formula is C16H21N3O2S. The average Bonchev–Trinajstić information content (AvgIpc) is 2.87. The highest BCUT2D eigenvalue weighted by Gasteiger charge is 2.22. The lowest BCUT2D eigenvalue weighted by Gasteiger charge is -2.27. The number of hydrogen-bond acceptors (Lipinski definition) is 3. The summed E-state index contributed by atoms with van der Waals surface area (Å²) in [5, 5.41) is 2.98. The minimum atomic E-state index is 0.0781. The molecule has 5 nitrogen and oxygen atoms in total. The standard InChI is InChI=1S/C16H21N3O2S/c1-21-12-5-2-10(3-6-12)8-15(20)17-11-4-7-13-14(9-11)19-16(22)18-13/h4,7,9-10,12H,2-3,5-6,8H2,1H3,(H,17,20)(H2,18,19,22). The second-order valence-electron chi connectivity index (χ2n) is 5.97. The zero-order chi connectivity index (χ0) is 15.5. The van der Waals surface area contributed by atoms with Gasteiger partial charge in [0.1, 0.15) is 0 Å². The molecule has 1 aliphatic rings. The van der Waals surface area contributed by atoms with Crippen LogP contribution in [0.1, 0.15) is 32.1 Å². The molecule has 3 N–H and O–H groups in total. The highest BCUT2D eigenvalue weighted by molar-refractivity contribution is 7.71. The number of carbonyl (C=O) groups excluding carboxylic acids is 1. The molecule has 0 unspecified atom stereocenters. The van der Waals surface area contributed by atoms with Crippen LogP contribution in [0.25, 0.3) is 11.0 Å². The summed E-state index contributed by atoms with van der Waals surface area (Å²) in [4.78, 5) is 18.3. The molecule has 1 aliphatic carbocycles. The zero-order valence-electron chi connectivity index (χ0n) is 12.6. The van der Waals surface area contributed by atoms with Gasteiger partial charge in [-0.25, -0.2) is 0 Å². The van der Waals surface area contributed by atoms with Crippen LogP contribution >= 0.6 is 12.2 Å². The second-order valence-corrected chi connectivity index (χ2v) is 6.38. The Hall–Kier alpha value is -1.66. The maximum atomic E-state index is 12.2. The predicted octanol–water partition coefficient (Wildman–Crippen LogP) is 3.76. The first-order chi connectivity index (χ1) is 10.6. The van der Waals surface area contributed by atoms with E-state index in [0.29, 0.717) is 23.2 Å². The number of nitrogens with one attached hydrogen (secondary N) is 3. The smallest absolute Gasteiger partial charge is 0.224 e. The summed E-state index contributed by atoms with van der Waals surface area (Å²) >= 11 is 5.06. The Morgan fingerprint density at radius 1 is 1.27 bits per heavy atom. The van der Waals surface area contributed by atoms with Gasteiger partial charge in [0.25, 0.3) is 0 Å². The summed E-state index contributed by atoms with van der Waals surface area (Å²) < 4.78 is 5.96. The van der Waals surface area contributed by atoms with Gasteiger partial charge in [0, 0.05) is 19.2 Å². The Morgan fingerprint density at radius 3 is 2.73 bits per heavy atom. The number of aromatic amines is 2. The van der Waals surface area contributed by atoms with Crippen LogP contribution < -0.4 is 5.32 Å². The Kier molecular flexibility index (Phi) is 4.59. The lowest BCUT2D eigenvalue weighted by atomic mass is 9.85. The molecule has 0 bridgehead atoms. The SMILES string of the molecule is COC1CCC(CC(=O)Nc2ccc3[nH]c(=S)[nH]c3c2)CC1. The lowest BCUT2D eigenvalue weighted by molar-refractivity contribution is -0.117. The van der Waals surface area contributed by atoms with Crippen LogP contribution in [-0.2, 0) is 9.53 Å². The maximum absolute atomic E-state index is 12.2. The number of rotatable bonds is 4. The fraction of sp³-hybridized carbons (Fsp3) is 0.500. The number of H-pyrrole nitrogens is 2. The summed E-state index contributed by atoms with van der Waals surface area (Å²) in [7, 11) is 1.76. The molecular weight excluding hydrogens is 298 g/mol. The molecule has 2 aromatic rings. The van der Waals surface area contributed by atoms with Crippen LogP contribution in [0, 0.1) is 10.7 Å². The molecule has 1 aromatic carbocycles. The Morgan fingerprint density at radius 2 is 2.00 bits per heavy atom. The fourth-order valence-corrected chi connectivity index (χ4v) is 3.38. The number of amides is 1. The van der Waals surface area contributed by atoms with Crippen molar-refractivity contribution >= 4 is 34.8 Å². The van der Waals surface area contributed by atoms with Gasteiger partial charge in [-0.2, -0.15) is 0 Å². The van der Waals surface area contributed by atoms with Crippen LogP contribution in [0.4, 0.5) is 5.69 Å². The molecule has 1 heterocycles. The molecule has 0 radical (unpaired) electrons. The number of hydrogen-bond donors (Lipinski definition) is 3. The number of fused-ring (bicyclic) bond motifs is 1. The van der Waals surface area contributed by atoms with Crippen LogP contribution in [0.2, 0.25) is 0 Å². The van der Waals surface area contributed by atoms with Crippen molar-refractivity contribution < 1.29 is 9.53 Å². The zero-order valence-corrected chi connectivity index (χ0v) is 13.5. The number of anilines is 1. The molecule has 0 spiro atoms. The molecule has 118 valence electrons. The normalized spacial score (nSPS) is 21.9. The summed E-state index contributed by atoms with van der Waals surface area (Å²) in [6.07, 6.45) is 5.20. The molecule has 1 amide bonds. The monoisotopic (exact) mass is 319 g/mol. The summed E-state index contributed by atoms with van der Waals surface area (Å²) in [5.41, 5.74) is 2.65. The number of imidazole rings is 1. The van der Waals surface area contributed by atoms with Gasteiger partial charge in [-0.1, -0.05) is 0 Å². The molecule has 3 rings (SSSR count). The topological polar surface area (TPSA) is 69.9 Å². The molecule has 1 fully saturated rings. The molecule has 6 heteroatoms. The number of carbonyl (C=O) groups is 1. The summed E-state index contributed by atoms with van der Waals surface area (Å²) in [5.74, 6) is 0.544. The Labute approximate surface area is 134 Å². The van der Waals surface area contributed by atoms with E-state index < -0.39 is 0 Å². The Bertz CT molecular complexity index is 713. The molecule has 0 saturated heterocycles. The summed E-state index contributed by atoms with van der Waals surface area (Å²) in [6, 6.07) is 5.71. The largest absolute Gasteiger partial charge is 0.381 e. The predicted molar refractivity (Wildman–Crippen MR) is 89.5 cm³/mol. The van der Waals surface area contributed by atoms with Crippen molar-refractivity contribution in [2.24, 2.45) is 5.92 Å². The van der Waals surface area contributed by atoms with Gasteiger partial charge >= 0.3 is 0 Å². The van der Waals surface area contributed by atoms with E-state index in [9.17, 15) is 4.79 Å². The van der Waals surface area contributed by atoms with Gasteiger partial charge in [0.2, 0.25) is 5.91 Å². The van der Waals surface area contributed by atoms with Crippen molar-refractivity contribution in [2.75, 3.05) is 12.4 Å². The molecule has 0 atom stereocenters. The number of ether oxygens (including phenoxy) is 1. The van der Waals surface area contributed by atoms with E-state index >= 15 is 0 Å². The van der Waals surface area contributed by atoms with E-state index in [0.717, 1.165) is 42.4 Å². The fourth-order valence-electron chi connectivity index (χ4n) is 3.16. The van der Waals surface area contributed by atoms with Crippen molar-refractivity contribution in [3.05, 3.63) is 23.0 Å². The third-order valence-electron chi connectivity index (χ3n) is 4.40. The molecule has 1 aromatic heterocycles. The summed E-state index contributed by atoms with van der Waals surface area (Å²) in [6.45, 7) is 0. The van der Waals surface area contributed by atoms with Gasteiger partial charge in [-0.3, -0.25) is 4.79 Å². The van der Waals surface area contributed by atoms with Crippen molar-refractivity contribution in [1.29, 1.82) is 0 Å². The van der Waals surface area contributed by atoms with E-state index in [1.165, 1.54) is 0 Å². The third kappa shape index (κ3) is 3.56. The first-order valence-corrected chi connectivity index (χ1v) is 8.09. The average molecular weight is 319 g/mol. The van der Waals surface area contributed by atoms with E-state index in [4.69, 9.17) is 17.0 Å². The maximum Gasteiger partial charge on any atom is 0.224 e. The third-order valence-corrected chi connectivity index (χ3v) is 4.61. The quantitative estimate of drug-likeness (QED) is 0.752. The highest BCUT2D eigenvalue weighted by Crippen LogP contribution is 2.28. The lowest BCUT2D eigenvalue weighted by Crippen LogP contribution is -2.24. The molecule has 22 heavy (non-hydrogen) atoms. The van der Waals surface area contributed by atoms with Gasteiger partial charge in [0.05, 0.1) is 17.1 Å². The van der Waals surface area contributed by atoms with Gasteiger partial charge in [-0.15, -0.1) is 0 Å². The van der Waals surface area contributed by atoms with E-state index in [1.807, 2.05) is 18.2 Å². The van der Waals surface area contributed by atoms with Gasteiger partial charge in [0.15, 0.2) is 4.77 Å². The van der Waals surface area contributed by atoms with Crippen LogP contribution in [0.5, 0.6) is 0 Å². The minimum Gasteiger partial charge on any atom is -0.381 e.